The molecule has 0 radical (unpaired) electrons. The summed E-state index contributed by atoms with van der Waals surface area (Å²) >= 11 is 1.71. The lowest BCUT2D eigenvalue weighted by atomic mass is 10.1. The summed E-state index contributed by atoms with van der Waals surface area (Å²) in [6.07, 6.45) is 2.67. The number of benzene rings is 1. The monoisotopic (exact) mass is 192 g/mol. The van der Waals surface area contributed by atoms with Gasteiger partial charge in [-0.2, -0.15) is 5.26 Å². The number of hydrogen-bond acceptors (Lipinski definition) is 3. The van der Waals surface area contributed by atoms with Crippen molar-refractivity contribution >= 4 is 11.8 Å². The van der Waals surface area contributed by atoms with Crippen molar-refractivity contribution in [3.63, 3.8) is 0 Å². The summed E-state index contributed by atoms with van der Waals surface area (Å²) in [7, 11) is 0. The van der Waals surface area contributed by atoms with E-state index in [4.69, 9.17) is 11.0 Å². The predicted octanol–water partition coefficient (Wildman–Crippen LogP) is 1.80. The van der Waals surface area contributed by atoms with Crippen LogP contribution in [0, 0.1) is 11.3 Å². The van der Waals surface area contributed by atoms with Crippen LogP contribution in [0.5, 0.6) is 0 Å². The molecule has 2 nitrogen and oxygen atoms in total. The quantitative estimate of drug-likeness (QED) is 0.743. The molecule has 0 aliphatic carbocycles. The van der Waals surface area contributed by atoms with Gasteiger partial charge in [-0.1, -0.05) is 12.1 Å². The lowest BCUT2D eigenvalue weighted by molar-refractivity contribution is 0.822. The molecule has 0 saturated carbocycles. The molecule has 2 N–H and O–H groups in total. The van der Waals surface area contributed by atoms with E-state index in [0.717, 1.165) is 5.56 Å². The number of nitrogens with two attached hydrogens (primary N) is 1. The molecular weight excluding hydrogens is 180 g/mol. The van der Waals surface area contributed by atoms with Crippen LogP contribution in [0.3, 0.4) is 0 Å². The summed E-state index contributed by atoms with van der Waals surface area (Å²) in [6.45, 7) is 0. The second kappa shape index (κ2) is 4.90. The van der Waals surface area contributed by atoms with Crippen molar-refractivity contribution in [3.05, 3.63) is 29.8 Å². The Labute approximate surface area is 82.7 Å². The average molecular weight is 192 g/mol. The SMILES string of the molecule is CSc1ccc(CC(N)C#N)cc1. The second-order valence-electron chi connectivity index (χ2n) is 2.79. The molecule has 0 aliphatic rings. The molecule has 68 valence electrons. The molecule has 1 aromatic rings. The molecule has 0 spiro atoms. The Morgan fingerprint density at radius 2 is 2.08 bits per heavy atom. The highest BCUT2D eigenvalue weighted by molar-refractivity contribution is 7.98. The molecule has 0 saturated heterocycles. The van der Waals surface area contributed by atoms with Crippen molar-refractivity contribution in [3.8, 4) is 6.07 Å². The standard InChI is InChI=1S/C10H12N2S/c1-13-10-4-2-8(3-5-10)6-9(12)7-11/h2-5,9H,6,12H2,1H3. The van der Waals surface area contributed by atoms with Gasteiger partial charge in [-0.25, -0.2) is 0 Å². The fourth-order valence-electron chi connectivity index (χ4n) is 1.06. The molecule has 1 atom stereocenters. The molecule has 1 rings (SSSR count). The van der Waals surface area contributed by atoms with Gasteiger partial charge in [0.2, 0.25) is 0 Å². The van der Waals surface area contributed by atoms with Crippen LogP contribution in [0.1, 0.15) is 5.56 Å². The van der Waals surface area contributed by atoms with E-state index >= 15 is 0 Å². The topological polar surface area (TPSA) is 49.8 Å². The molecular formula is C10H12N2S. The third-order valence-corrected chi connectivity index (χ3v) is 2.52. The maximum absolute atomic E-state index is 8.52. The van der Waals surface area contributed by atoms with Gasteiger partial charge in [-0.05, 0) is 24.0 Å². The molecule has 3 heteroatoms. The van der Waals surface area contributed by atoms with Gasteiger partial charge in [-0.15, -0.1) is 11.8 Å². The van der Waals surface area contributed by atoms with Crippen molar-refractivity contribution < 1.29 is 0 Å². The normalized spacial score (nSPS) is 12.1. The van der Waals surface area contributed by atoms with Crippen LogP contribution >= 0.6 is 11.8 Å². The van der Waals surface area contributed by atoms with Gasteiger partial charge in [0.25, 0.3) is 0 Å². The van der Waals surface area contributed by atoms with Crippen molar-refractivity contribution in [2.75, 3.05) is 6.26 Å². The van der Waals surface area contributed by atoms with Crippen LogP contribution in [0.2, 0.25) is 0 Å². The van der Waals surface area contributed by atoms with Crippen molar-refractivity contribution in [1.82, 2.24) is 0 Å². The highest BCUT2D eigenvalue weighted by Crippen LogP contribution is 2.15. The van der Waals surface area contributed by atoms with E-state index < -0.39 is 0 Å². The lowest BCUT2D eigenvalue weighted by Gasteiger charge is -2.03. The van der Waals surface area contributed by atoms with Gasteiger partial charge in [0.1, 0.15) is 0 Å². The second-order valence-corrected chi connectivity index (χ2v) is 3.67. The summed E-state index contributed by atoms with van der Waals surface area (Å²) in [4.78, 5) is 1.23. The van der Waals surface area contributed by atoms with E-state index in [1.807, 2.05) is 36.6 Å². The van der Waals surface area contributed by atoms with Crippen molar-refractivity contribution in [2.45, 2.75) is 17.4 Å². The zero-order valence-electron chi connectivity index (χ0n) is 7.53. The van der Waals surface area contributed by atoms with E-state index in [0.29, 0.717) is 6.42 Å². The summed E-state index contributed by atoms with van der Waals surface area (Å²) in [5.74, 6) is 0. The first-order valence-corrected chi connectivity index (χ1v) is 5.27. The highest BCUT2D eigenvalue weighted by Gasteiger charge is 2.01. The Balaban J connectivity index is 2.65. The van der Waals surface area contributed by atoms with E-state index in [2.05, 4.69) is 0 Å². The smallest absolute Gasteiger partial charge is 0.0968 e. The van der Waals surface area contributed by atoms with Crippen LogP contribution < -0.4 is 5.73 Å². The molecule has 0 amide bonds. The van der Waals surface area contributed by atoms with E-state index in [1.54, 1.807) is 11.8 Å². The predicted molar refractivity (Wildman–Crippen MR) is 55.5 cm³/mol. The van der Waals surface area contributed by atoms with Gasteiger partial charge in [0.05, 0.1) is 12.1 Å². The zero-order valence-corrected chi connectivity index (χ0v) is 8.34. The first kappa shape index (κ1) is 10.1. The highest BCUT2D eigenvalue weighted by atomic mass is 32.2. The number of nitriles is 1. The van der Waals surface area contributed by atoms with Crippen LogP contribution in [0.25, 0.3) is 0 Å². The Bertz CT molecular complexity index is 300. The molecule has 0 aliphatic heterocycles. The maximum Gasteiger partial charge on any atom is 0.0968 e. The summed E-state index contributed by atoms with van der Waals surface area (Å²) in [5, 5.41) is 8.52. The van der Waals surface area contributed by atoms with Gasteiger partial charge >= 0.3 is 0 Å². The Morgan fingerprint density at radius 1 is 1.46 bits per heavy atom. The molecule has 0 heterocycles. The average Bonchev–Trinajstić information content (AvgIpc) is 2.19. The van der Waals surface area contributed by atoms with Crippen molar-refractivity contribution in [1.29, 1.82) is 5.26 Å². The minimum absolute atomic E-state index is 0.389. The zero-order chi connectivity index (χ0) is 9.68. The van der Waals surface area contributed by atoms with E-state index in [-0.39, 0.29) is 6.04 Å². The minimum Gasteiger partial charge on any atom is -0.316 e. The minimum atomic E-state index is -0.389. The maximum atomic E-state index is 8.52. The van der Waals surface area contributed by atoms with Crippen LogP contribution in [0.15, 0.2) is 29.2 Å². The number of hydrogen-bond donors (Lipinski definition) is 1. The van der Waals surface area contributed by atoms with Crippen LogP contribution in [0.4, 0.5) is 0 Å². The number of rotatable bonds is 3. The fraction of sp³-hybridized carbons (Fsp3) is 0.300. The van der Waals surface area contributed by atoms with Gasteiger partial charge in [0.15, 0.2) is 0 Å². The molecule has 0 aromatic heterocycles. The molecule has 0 bridgehead atoms. The van der Waals surface area contributed by atoms with Crippen LogP contribution in [-0.4, -0.2) is 12.3 Å². The molecule has 1 unspecified atom stereocenters. The fourth-order valence-corrected chi connectivity index (χ4v) is 1.47. The Morgan fingerprint density at radius 3 is 2.54 bits per heavy atom. The Kier molecular flexibility index (Phi) is 3.81. The molecule has 13 heavy (non-hydrogen) atoms. The third-order valence-electron chi connectivity index (χ3n) is 1.78. The molecule has 1 aromatic carbocycles. The number of nitrogens with zero attached hydrogens (tertiary/aromatic N) is 1. The first-order valence-electron chi connectivity index (χ1n) is 4.04. The van der Waals surface area contributed by atoms with Crippen LogP contribution in [-0.2, 0) is 6.42 Å². The lowest BCUT2D eigenvalue weighted by Crippen LogP contribution is -2.19. The third kappa shape index (κ3) is 3.10. The van der Waals surface area contributed by atoms with E-state index in [1.165, 1.54) is 4.90 Å². The summed E-state index contributed by atoms with van der Waals surface area (Å²) < 4.78 is 0. The van der Waals surface area contributed by atoms with Crippen molar-refractivity contribution in [2.24, 2.45) is 5.73 Å². The first-order chi connectivity index (χ1) is 6.26. The molecule has 0 fully saturated rings. The van der Waals surface area contributed by atoms with Gasteiger partial charge in [0, 0.05) is 11.3 Å². The number of thioether (sulfide) groups is 1. The largest absolute Gasteiger partial charge is 0.316 e. The van der Waals surface area contributed by atoms with E-state index in [9.17, 15) is 0 Å². The summed E-state index contributed by atoms with van der Waals surface area (Å²) in [6, 6.07) is 9.75. The summed E-state index contributed by atoms with van der Waals surface area (Å²) in [5.41, 5.74) is 6.63. The Hall–Kier alpha value is -0.980. The van der Waals surface area contributed by atoms with Gasteiger partial charge < -0.3 is 5.73 Å². The van der Waals surface area contributed by atoms with Gasteiger partial charge in [-0.3, -0.25) is 0 Å².